The molecule has 0 aromatic rings. The first-order chi connectivity index (χ1) is 10.1. The van der Waals surface area contributed by atoms with Gasteiger partial charge in [-0.1, -0.05) is 26.7 Å². The number of rotatable bonds is 2. The van der Waals surface area contributed by atoms with Crippen LogP contribution in [0.4, 0.5) is 0 Å². The Kier molecular flexibility index (Phi) is 3.66. The Morgan fingerprint density at radius 3 is 1.43 bits per heavy atom. The van der Waals surface area contributed by atoms with Crippen LogP contribution in [0.15, 0.2) is 0 Å². The van der Waals surface area contributed by atoms with Gasteiger partial charge < -0.3 is 0 Å². The summed E-state index contributed by atoms with van der Waals surface area (Å²) in [4.78, 5) is 0. The van der Waals surface area contributed by atoms with E-state index >= 15 is 0 Å². The Labute approximate surface area is 132 Å². The van der Waals surface area contributed by atoms with E-state index in [1.54, 1.807) is 70.6 Å². The van der Waals surface area contributed by atoms with Crippen LogP contribution in [0, 0.1) is 34.5 Å². The smallest absolute Gasteiger partial charge is 0.0292 e. The Morgan fingerprint density at radius 2 is 1.05 bits per heavy atom. The average molecular weight is 289 g/mol. The third kappa shape index (κ3) is 2.81. The van der Waals surface area contributed by atoms with Crippen molar-refractivity contribution in [3.63, 3.8) is 0 Å². The van der Waals surface area contributed by atoms with Gasteiger partial charge in [0.25, 0.3) is 0 Å². The van der Waals surface area contributed by atoms with Crippen molar-refractivity contribution in [2.24, 2.45) is 34.5 Å². The summed E-state index contributed by atoms with van der Waals surface area (Å²) in [5, 5.41) is 0. The van der Waals surface area contributed by atoms with Crippen LogP contribution in [0.5, 0.6) is 0 Å². The second-order valence-electron chi connectivity index (χ2n) is 10.1. The summed E-state index contributed by atoms with van der Waals surface area (Å²) in [5.74, 6) is 4.26. The monoisotopic (exact) mass is 288 g/mol. The van der Waals surface area contributed by atoms with Crippen LogP contribution < -0.4 is 0 Å². The molecule has 6 atom stereocenters. The van der Waals surface area contributed by atoms with Crippen LogP contribution >= 0.6 is 0 Å². The lowest BCUT2D eigenvalue weighted by atomic mass is 9.80. The van der Waals surface area contributed by atoms with Crippen molar-refractivity contribution in [1.82, 2.24) is 0 Å². The first-order valence-electron chi connectivity index (χ1n) is 10.1. The molecule has 120 valence electrons. The molecule has 0 N–H and O–H groups in total. The molecule has 0 aromatic heterocycles. The molecule has 0 aliphatic heterocycles. The average Bonchev–Trinajstić information content (AvgIpc) is 3.17. The predicted octanol–water partition coefficient (Wildman–Crippen LogP) is 6.59. The highest BCUT2D eigenvalue weighted by Gasteiger charge is 2.46. The van der Waals surface area contributed by atoms with Gasteiger partial charge in [0.1, 0.15) is 0 Å². The van der Waals surface area contributed by atoms with Crippen molar-refractivity contribution in [3.8, 4) is 0 Å². The van der Waals surface area contributed by atoms with E-state index in [4.69, 9.17) is 0 Å². The third-order valence-corrected chi connectivity index (χ3v) is 8.17. The minimum absolute atomic E-state index is 0.822. The Balaban J connectivity index is 1.30. The molecule has 4 aliphatic carbocycles. The molecular formula is C21H36. The van der Waals surface area contributed by atoms with Crippen LogP contribution in [0.2, 0.25) is 0 Å². The lowest BCUT2D eigenvalue weighted by molar-refractivity contribution is 0.253. The molecule has 0 saturated heterocycles. The maximum atomic E-state index is 2.49. The molecule has 0 radical (unpaired) electrons. The van der Waals surface area contributed by atoms with Gasteiger partial charge in [0.05, 0.1) is 0 Å². The van der Waals surface area contributed by atoms with Crippen molar-refractivity contribution in [2.75, 3.05) is 0 Å². The van der Waals surface area contributed by atoms with E-state index in [2.05, 4.69) is 13.8 Å². The van der Waals surface area contributed by atoms with Gasteiger partial charge in [-0.15, -0.1) is 0 Å². The summed E-state index contributed by atoms with van der Waals surface area (Å²) in [7, 11) is 0. The summed E-state index contributed by atoms with van der Waals surface area (Å²) < 4.78 is 0. The van der Waals surface area contributed by atoms with Gasteiger partial charge in [0.15, 0.2) is 0 Å². The molecule has 4 rings (SSSR count). The molecule has 0 bridgehead atoms. The van der Waals surface area contributed by atoms with Crippen LogP contribution in [-0.2, 0) is 0 Å². The van der Waals surface area contributed by atoms with E-state index < -0.39 is 0 Å². The van der Waals surface area contributed by atoms with Gasteiger partial charge in [-0.3, -0.25) is 0 Å². The molecule has 6 unspecified atom stereocenters. The summed E-state index contributed by atoms with van der Waals surface area (Å²) in [6.07, 6.45) is 20.4. The topological polar surface area (TPSA) is 0 Å². The quantitative estimate of drug-likeness (QED) is 0.537. The van der Waals surface area contributed by atoms with Gasteiger partial charge in [-0.25, -0.2) is 0 Å². The van der Waals surface area contributed by atoms with Gasteiger partial charge in [0, 0.05) is 0 Å². The van der Waals surface area contributed by atoms with E-state index in [0.717, 1.165) is 34.5 Å². The van der Waals surface area contributed by atoms with E-state index in [0.29, 0.717) is 0 Å². The largest absolute Gasteiger partial charge is 0.0625 e. The van der Waals surface area contributed by atoms with Gasteiger partial charge in [-0.2, -0.15) is 0 Å². The maximum Gasteiger partial charge on any atom is -0.0292 e. The Morgan fingerprint density at radius 1 is 0.619 bits per heavy atom. The highest BCUT2D eigenvalue weighted by Crippen LogP contribution is 2.59. The molecular weight excluding hydrogens is 252 g/mol. The fourth-order valence-corrected chi connectivity index (χ4v) is 7.34. The van der Waals surface area contributed by atoms with Crippen molar-refractivity contribution >= 4 is 0 Å². The third-order valence-electron chi connectivity index (χ3n) is 8.17. The minimum Gasteiger partial charge on any atom is -0.0625 e. The highest BCUT2D eigenvalue weighted by atomic mass is 14.5. The first kappa shape index (κ1) is 14.6. The first-order valence-corrected chi connectivity index (χ1v) is 10.1. The molecule has 0 nitrogen and oxygen atoms in total. The van der Waals surface area contributed by atoms with E-state index in [1.165, 1.54) is 12.8 Å². The second kappa shape index (κ2) is 5.27. The van der Waals surface area contributed by atoms with Gasteiger partial charge >= 0.3 is 0 Å². The fraction of sp³-hybridized carbons (Fsp3) is 1.00. The molecule has 4 saturated carbocycles. The molecule has 0 heteroatoms. The van der Waals surface area contributed by atoms with Crippen LogP contribution in [0.3, 0.4) is 0 Å². The van der Waals surface area contributed by atoms with Crippen LogP contribution in [0.1, 0.15) is 97.3 Å². The van der Waals surface area contributed by atoms with E-state index in [9.17, 15) is 0 Å². The predicted molar refractivity (Wildman–Crippen MR) is 90.2 cm³/mol. The van der Waals surface area contributed by atoms with Gasteiger partial charge in [-0.05, 0) is 105 Å². The van der Waals surface area contributed by atoms with E-state index in [-0.39, 0.29) is 0 Å². The summed E-state index contributed by atoms with van der Waals surface area (Å²) >= 11 is 0. The summed E-state index contributed by atoms with van der Waals surface area (Å²) in [6.45, 7) is 4.98. The van der Waals surface area contributed by atoms with Crippen molar-refractivity contribution in [1.29, 1.82) is 0 Å². The molecule has 4 fully saturated rings. The number of hydrogen-bond donors (Lipinski definition) is 0. The zero-order chi connectivity index (χ0) is 14.5. The molecule has 0 heterocycles. The maximum absolute atomic E-state index is 2.49. The van der Waals surface area contributed by atoms with Crippen LogP contribution in [-0.4, -0.2) is 0 Å². The molecule has 0 amide bonds. The zero-order valence-corrected chi connectivity index (χ0v) is 14.5. The zero-order valence-electron chi connectivity index (χ0n) is 14.5. The SMILES string of the molecule is CC1CCC2(CCC(CC3CCC4(CCC(C)C4)C3)C2)C1. The van der Waals surface area contributed by atoms with Crippen molar-refractivity contribution < 1.29 is 0 Å². The molecule has 4 aliphatic rings. The lowest BCUT2D eigenvalue weighted by Crippen LogP contribution is -2.14. The normalized spacial score (nSPS) is 53.4. The minimum atomic E-state index is 0.822. The summed E-state index contributed by atoms with van der Waals surface area (Å²) in [6, 6.07) is 0. The number of hydrogen-bond acceptors (Lipinski definition) is 0. The Hall–Kier alpha value is 0. The lowest BCUT2D eigenvalue weighted by Gasteiger charge is -2.25. The van der Waals surface area contributed by atoms with Crippen molar-refractivity contribution in [3.05, 3.63) is 0 Å². The second-order valence-corrected chi connectivity index (χ2v) is 10.1. The fourth-order valence-electron chi connectivity index (χ4n) is 7.34. The molecule has 21 heavy (non-hydrogen) atoms. The van der Waals surface area contributed by atoms with E-state index in [1.807, 2.05) is 0 Å². The van der Waals surface area contributed by atoms with Crippen molar-refractivity contribution in [2.45, 2.75) is 97.3 Å². The Bertz CT molecular complexity index is 349. The summed E-state index contributed by atoms with van der Waals surface area (Å²) in [5.41, 5.74) is 1.64. The standard InChI is InChI=1S/C21H36/c1-16-3-7-20(12-16)9-5-18(14-20)11-19-6-10-21(15-19)8-4-17(2)13-21/h16-19H,3-15H2,1-2H3. The van der Waals surface area contributed by atoms with Crippen LogP contribution in [0.25, 0.3) is 0 Å². The molecule has 0 aromatic carbocycles. The van der Waals surface area contributed by atoms with Gasteiger partial charge in [0.2, 0.25) is 0 Å². The highest BCUT2D eigenvalue weighted by molar-refractivity contribution is 4.98. The molecule has 2 spiro atoms.